The van der Waals surface area contributed by atoms with Crippen molar-refractivity contribution in [3.05, 3.63) is 72.0 Å². The molecule has 3 aromatic carbocycles. The van der Waals surface area contributed by atoms with Crippen LogP contribution in [-0.2, 0) is 20.8 Å². The molecule has 7 nitrogen and oxygen atoms in total. The van der Waals surface area contributed by atoms with Gasteiger partial charge in [-0.05, 0) is 34.5 Å². The topological polar surface area (TPSA) is 105 Å². The van der Waals surface area contributed by atoms with Crippen LogP contribution in [0, 0.1) is 5.82 Å². The van der Waals surface area contributed by atoms with Crippen molar-refractivity contribution < 1.29 is 18.8 Å². The number of thioether (sulfide) groups is 1. The average Bonchev–Trinajstić information content (AvgIpc) is 3.03. The maximum atomic E-state index is 13.7. The quantitative estimate of drug-likeness (QED) is 0.412. The second-order valence-corrected chi connectivity index (χ2v) is 9.73. The monoisotopic (exact) mass is 508 g/mol. The molecule has 0 bridgehead atoms. The largest absolute Gasteiger partial charge is 0.353 e. The average molecular weight is 509 g/mol. The van der Waals surface area contributed by atoms with Gasteiger partial charge in [-0.25, -0.2) is 4.39 Å². The lowest BCUT2D eigenvalue weighted by Crippen LogP contribution is -2.49. The lowest BCUT2D eigenvalue weighted by molar-refractivity contribution is -0.129. The highest BCUT2D eigenvalue weighted by atomic mass is 32.2. The van der Waals surface area contributed by atoms with E-state index >= 15 is 0 Å². The highest BCUT2D eigenvalue weighted by Crippen LogP contribution is 2.34. The van der Waals surface area contributed by atoms with E-state index in [-0.39, 0.29) is 43.0 Å². The molecule has 1 heterocycles. The maximum Gasteiger partial charge on any atom is 0.242 e. The number of rotatable bonds is 9. The van der Waals surface area contributed by atoms with Crippen LogP contribution in [0.15, 0.2) is 65.6 Å². The van der Waals surface area contributed by atoms with Crippen LogP contribution >= 0.6 is 11.8 Å². The smallest absolute Gasteiger partial charge is 0.242 e. The van der Waals surface area contributed by atoms with Crippen LogP contribution in [0.2, 0.25) is 0 Å². The van der Waals surface area contributed by atoms with Crippen molar-refractivity contribution in [1.29, 1.82) is 0 Å². The molecule has 9 heteroatoms. The van der Waals surface area contributed by atoms with Crippen LogP contribution in [0.4, 0.5) is 10.1 Å². The number of carbonyl (C=O) groups excluding carboxylic acids is 3. The lowest BCUT2D eigenvalue weighted by Gasteiger charge is -2.23. The Balaban J connectivity index is 1.45. The first-order valence-electron chi connectivity index (χ1n) is 11.9. The molecule has 0 aliphatic carbocycles. The van der Waals surface area contributed by atoms with Gasteiger partial charge in [0.25, 0.3) is 0 Å². The summed E-state index contributed by atoms with van der Waals surface area (Å²) in [6.45, 7) is 0.727. The Morgan fingerprint density at radius 2 is 1.89 bits per heavy atom. The minimum atomic E-state index is -0.790. The fourth-order valence-corrected chi connectivity index (χ4v) is 5.22. The molecule has 1 atom stereocenters. The van der Waals surface area contributed by atoms with E-state index in [0.717, 1.165) is 16.3 Å². The Kier molecular flexibility index (Phi) is 8.56. The predicted octanol–water partition coefficient (Wildman–Crippen LogP) is 3.00. The van der Waals surface area contributed by atoms with Gasteiger partial charge in [0.2, 0.25) is 17.7 Å². The van der Waals surface area contributed by atoms with Crippen molar-refractivity contribution in [1.82, 2.24) is 10.6 Å². The van der Waals surface area contributed by atoms with Gasteiger partial charge in [-0.2, -0.15) is 0 Å². The van der Waals surface area contributed by atoms with Gasteiger partial charge in [0.1, 0.15) is 11.9 Å². The summed E-state index contributed by atoms with van der Waals surface area (Å²) in [5.74, 6) is -0.600. The van der Waals surface area contributed by atoms with Crippen molar-refractivity contribution >= 4 is 45.9 Å². The molecule has 1 unspecified atom stereocenters. The minimum absolute atomic E-state index is 0.00557. The first-order valence-corrected chi connectivity index (χ1v) is 12.9. The maximum absolute atomic E-state index is 13.7. The number of nitrogens with two attached hydrogens (primary N) is 1. The third-order valence-electron chi connectivity index (χ3n) is 6.00. The first-order chi connectivity index (χ1) is 17.4. The third kappa shape index (κ3) is 6.41. The summed E-state index contributed by atoms with van der Waals surface area (Å²) >= 11 is 1.42. The molecule has 3 aromatic rings. The van der Waals surface area contributed by atoms with E-state index in [0.29, 0.717) is 35.7 Å². The molecular formula is C27H29FN4O3S. The summed E-state index contributed by atoms with van der Waals surface area (Å²) in [7, 11) is 0. The minimum Gasteiger partial charge on any atom is -0.353 e. The van der Waals surface area contributed by atoms with E-state index in [4.69, 9.17) is 5.73 Å². The number of fused-ring (bicyclic) bond motifs is 2. The van der Waals surface area contributed by atoms with Gasteiger partial charge < -0.3 is 21.3 Å². The lowest BCUT2D eigenvalue weighted by atomic mass is 10.0. The molecule has 4 rings (SSSR count). The summed E-state index contributed by atoms with van der Waals surface area (Å²) in [4.78, 5) is 40.6. The fraction of sp³-hybridized carbons (Fsp3) is 0.296. The zero-order valence-electron chi connectivity index (χ0n) is 19.8. The van der Waals surface area contributed by atoms with Crippen molar-refractivity contribution in [3.8, 4) is 0 Å². The van der Waals surface area contributed by atoms with Crippen LogP contribution in [0.5, 0.6) is 0 Å². The second kappa shape index (κ2) is 12.0. The Bertz CT molecular complexity index is 1270. The molecule has 4 N–H and O–H groups in total. The van der Waals surface area contributed by atoms with Gasteiger partial charge in [-0.1, -0.05) is 42.5 Å². The van der Waals surface area contributed by atoms with Crippen molar-refractivity contribution in [2.24, 2.45) is 5.73 Å². The number of hydrogen-bond donors (Lipinski definition) is 3. The molecule has 36 heavy (non-hydrogen) atoms. The van der Waals surface area contributed by atoms with Gasteiger partial charge in [0.05, 0.1) is 5.69 Å². The molecule has 0 aromatic heterocycles. The molecule has 0 radical (unpaired) electrons. The van der Waals surface area contributed by atoms with Crippen LogP contribution in [-0.4, -0.2) is 49.2 Å². The number of nitrogens with zero attached hydrogens (tertiary/aromatic N) is 1. The van der Waals surface area contributed by atoms with E-state index in [1.807, 2.05) is 42.5 Å². The zero-order valence-corrected chi connectivity index (χ0v) is 20.7. The van der Waals surface area contributed by atoms with E-state index in [2.05, 4.69) is 10.6 Å². The SMILES string of the molecule is NCCNC(=O)C(Cc1ccc2ccccc2c1)NC(=O)CCN1C(=O)CCSc2cc(F)ccc21. The molecule has 0 fully saturated rings. The zero-order chi connectivity index (χ0) is 25.5. The Hall–Kier alpha value is -3.43. The molecule has 1 aliphatic heterocycles. The van der Waals surface area contributed by atoms with Crippen molar-refractivity contribution in [3.63, 3.8) is 0 Å². The van der Waals surface area contributed by atoms with Crippen LogP contribution < -0.4 is 21.3 Å². The number of nitrogens with one attached hydrogen (secondary N) is 2. The van der Waals surface area contributed by atoms with Gasteiger partial charge in [-0.3, -0.25) is 14.4 Å². The molecular weight excluding hydrogens is 479 g/mol. The highest BCUT2D eigenvalue weighted by Gasteiger charge is 2.25. The van der Waals surface area contributed by atoms with Crippen LogP contribution in [0.25, 0.3) is 10.8 Å². The number of anilines is 1. The number of carbonyl (C=O) groups is 3. The first kappa shape index (κ1) is 25.7. The third-order valence-corrected chi connectivity index (χ3v) is 7.04. The molecule has 0 saturated heterocycles. The normalized spacial score (nSPS) is 14.2. The number of hydrogen-bond acceptors (Lipinski definition) is 5. The summed E-state index contributed by atoms with van der Waals surface area (Å²) in [5.41, 5.74) is 7.05. The Morgan fingerprint density at radius 3 is 2.69 bits per heavy atom. The predicted molar refractivity (Wildman–Crippen MR) is 140 cm³/mol. The summed E-state index contributed by atoms with van der Waals surface area (Å²) in [6, 6.07) is 17.4. The van der Waals surface area contributed by atoms with E-state index in [1.54, 1.807) is 6.07 Å². The van der Waals surface area contributed by atoms with E-state index in [9.17, 15) is 18.8 Å². The molecule has 0 saturated carbocycles. The molecule has 3 amide bonds. The Morgan fingerprint density at radius 1 is 1.08 bits per heavy atom. The van der Waals surface area contributed by atoms with E-state index < -0.39 is 6.04 Å². The number of benzene rings is 3. The van der Waals surface area contributed by atoms with Crippen LogP contribution in [0.3, 0.4) is 0 Å². The highest BCUT2D eigenvalue weighted by molar-refractivity contribution is 7.99. The molecule has 0 spiro atoms. The van der Waals surface area contributed by atoms with Gasteiger partial charge in [0.15, 0.2) is 0 Å². The van der Waals surface area contributed by atoms with Crippen LogP contribution in [0.1, 0.15) is 18.4 Å². The van der Waals surface area contributed by atoms with Gasteiger partial charge in [0, 0.05) is 49.5 Å². The van der Waals surface area contributed by atoms with Crippen molar-refractivity contribution in [2.75, 3.05) is 30.3 Å². The van der Waals surface area contributed by atoms with Crippen molar-refractivity contribution in [2.45, 2.75) is 30.2 Å². The fourth-order valence-electron chi connectivity index (χ4n) is 4.20. The second-order valence-electron chi connectivity index (χ2n) is 8.59. The number of halogens is 1. The van der Waals surface area contributed by atoms with Gasteiger partial charge in [-0.15, -0.1) is 11.8 Å². The van der Waals surface area contributed by atoms with Gasteiger partial charge >= 0.3 is 0 Å². The summed E-state index contributed by atoms with van der Waals surface area (Å²) < 4.78 is 13.7. The molecule has 188 valence electrons. The number of amides is 3. The van der Waals surface area contributed by atoms with E-state index in [1.165, 1.54) is 28.8 Å². The standard InChI is InChI=1S/C27H29FN4O3S/c28-21-7-8-23-24(17-21)36-14-10-26(34)32(23)13-9-25(33)31-22(27(35)30-12-11-29)16-18-5-6-19-3-1-2-4-20(19)15-18/h1-8,15,17,22H,9-14,16,29H2,(H,30,35)(H,31,33). The molecule has 1 aliphatic rings. The summed E-state index contributed by atoms with van der Waals surface area (Å²) in [5, 5.41) is 7.73. The Labute approximate surface area is 213 Å². The summed E-state index contributed by atoms with van der Waals surface area (Å²) in [6.07, 6.45) is 0.620.